The Morgan fingerprint density at radius 1 is 1.42 bits per heavy atom. The highest BCUT2D eigenvalue weighted by Crippen LogP contribution is 2.26. The molecule has 24 heavy (non-hydrogen) atoms. The van der Waals surface area contributed by atoms with Gasteiger partial charge in [-0.25, -0.2) is 17.8 Å². The van der Waals surface area contributed by atoms with Gasteiger partial charge < -0.3 is 10.1 Å². The molecule has 0 saturated carbocycles. The van der Waals surface area contributed by atoms with E-state index in [1.165, 1.54) is 24.2 Å². The number of rotatable bonds is 7. The van der Waals surface area contributed by atoms with E-state index in [0.29, 0.717) is 16.5 Å². The third kappa shape index (κ3) is 4.84. The van der Waals surface area contributed by atoms with Crippen molar-refractivity contribution in [2.45, 2.75) is 17.9 Å². The summed E-state index contributed by atoms with van der Waals surface area (Å²) in [5.41, 5.74) is 0.560. The van der Waals surface area contributed by atoms with E-state index in [-0.39, 0.29) is 29.9 Å². The fourth-order valence-electron chi connectivity index (χ4n) is 1.84. The lowest BCUT2D eigenvalue weighted by molar-refractivity contribution is 0.411. The van der Waals surface area contributed by atoms with Crippen LogP contribution in [0.25, 0.3) is 5.69 Å². The number of halogens is 2. The number of ether oxygens (including phenoxy) is 1. The zero-order valence-corrected chi connectivity index (χ0v) is 15.9. The van der Waals surface area contributed by atoms with Crippen LogP contribution in [-0.4, -0.2) is 44.9 Å². The lowest BCUT2D eigenvalue weighted by Crippen LogP contribution is -2.37. The van der Waals surface area contributed by atoms with Gasteiger partial charge in [0.25, 0.3) is 0 Å². The van der Waals surface area contributed by atoms with Crippen LogP contribution in [0.15, 0.2) is 35.5 Å². The van der Waals surface area contributed by atoms with Crippen LogP contribution < -0.4 is 14.8 Å². The Bertz CT molecular complexity index is 780. The van der Waals surface area contributed by atoms with Gasteiger partial charge in [0.05, 0.1) is 19.5 Å². The maximum absolute atomic E-state index is 12.3. The van der Waals surface area contributed by atoms with Crippen LogP contribution in [0.4, 0.5) is 0 Å². The first-order valence-corrected chi connectivity index (χ1v) is 8.79. The number of nitrogens with one attached hydrogen (secondary N) is 2. The van der Waals surface area contributed by atoms with E-state index in [4.69, 9.17) is 16.3 Å². The molecule has 0 bridgehead atoms. The summed E-state index contributed by atoms with van der Waals surface area (Å²) in [6.07, 6.45) is 2.70. The third-order valence-electron chi connectivity index (χ3n) is 3.33. The summed E-state index contributed by atoms with van der Waals surface area (Å²) in [4.78, 5) is 0.0721. The number of likely N-dealkylation sites (N-methyl/N-ethyl adjacent to an activating group) is 1. The Morgan fingerprint density at radius 2 is 2.12 bits per heavy atom. The third-order valence-corrected chi connectivity index (χ3v) is 4.94. The highest BCUT2D eigenvalue weighted by atomic mass is 35.5. The monoisotopic (exact) mass is 394 g/mol. The Morgan fingerprint density at radius 3 is 2.75 bits per heavy atom. The maximum Gasteiger partial charge on any atom is 0.243 e. The standard InChI is InChI=1S/C14H19ClN4O3S.ClH/c1-10(16-2)7-18-23(20,21)12-8-17-19(9-12)13-6-11(15)4-5-14(13)22-3;/h4-6,8-10,16,18H,7H2,1-3H3;1H. The largest absolute Gasteiger partial charge is 0.494 e. The predicted octanol–water partition coefficient (Wildman–Crippen LogP) is 1.84. The van der Waals surface area contributed by atoms with Crippen molar-refractivity contribution in [1.29, 1.82) is 0 Å². The maximum atomic E-state index is 12.3. The Labute approximate surface area is 152 Å². The van der Waals surface area contributed by atoms with Gasteiger partial charge >= 0.3 is 0 Å². The van der Waals surface area contributed by atoms with E-state index < -0.39 is 10.0 Å². The van der Waals surface area contributed by atoms with Gasteiger partial charge in [-0.15, -0.1) is 12.4 Å². The fourth-order valence-corrected chi connectivity index (χ4v) is 3.07. The van der Waals surface area contributed by atoms with Crippen LogP contribution in [0.1, 0.15) is 6.92 Å². The molecule has 0 aliphatic rings. The van der Waals surface area contributed by atoms with Gasteiger partial charge in [-0.1, -0.05) is 11.6 Å². The molecule has 2 aromatic rings. The Hall–Kier alpha value is -1.32. The highest BCUT2D eigenvalue weighted by molar-refractivity contribution is 7.89. The zero-order valence-electron chi connectivity index (χ0n) is 13.5. The molecule has 2 rings (SSSR count). The number of aromatic nitrogens is 2. The molecule has 1 aromatic heterocycles. The van der Waals surface area contributed by atoms with Crippen LogP contribution >= 0.6 is 24.0 Å². The van der Waals surface area contributed by atoms with Crippen LogP contribution in [0.3, 0.4) is 0 Å². The molecule has 0 fully saturated rings. The number of nitrogens with zero attached hydrogens (tertiary/aromatic N) is 2. The molecular formula is C14H20Cl2N4O3S. The summed E-state index contributed by atoms with van der Waals surface area (Å²) >= 11 is 5.99. The topological polar surface area (TPSA) is 85.3 Å². The molecule has 134 valence electrons. The van der Waals surface area contributed by atoms with Crippen molar-refractivity contribution < 1.29 is 13.2 Å². The molecule has 0 aliphatic heterocycles. The average molecular weight is 395 g/mol. The normalized spacial score (nSPS) is 12.5. The average Bonchev–Trinajstić information content (AvgIpc) is 3.03. The van der Waals surface area contributed by atoms with Crippen molar-refractivity contribution in [1.82, 2.24) is 19.8 Å². The van der Waals surface area contributed by atoms with Crippen molar-refractivity contribution in [2.75, 3.05) is 20.7 Å². The molecule has 1 aromatic carbocycles. The van der Waals surface area contributed by atoms with Crippen molar-refractivity contribution in [3.05, 3.63) is 35.6 Å². The summed E-state index contributed by atoms with van der Waals surface area (Å²) in [6, 6.07) is 5.06. The summed E-state index contributed by atoms with van der Waals surface area (Å²) in [5.74, 6) is 0.540. The number of hydrogen-bond donors (Lipinski definition) is 2. The van der Waals surface area contributed by atoms with Gasteiger partial charge in [0.1, 0.15) is 16.3 Å². The SMILES string of the molecule is CNC(C)CNS(=O)(=O)c1cnn(-c2cc(Cl)ccc2OC)c1.Cl. The second kappa shape index (κ2) is 8.68. The first-order valence-electron chi connectivity index (χ1n) is 6.93. The smallest absolute Gasteiger partial charge is 0.243 e. The number of sulfonamides is 1. The summed E-state index contributed by atoms with van der Waals surface area (Å²) in [6.45, 7) is 2.16. The minimum Gasteiger partial charge on any atom is -0.494 e. The van der Waals surface area contributed by atoms with Crippen LogP contribution in [0.5, 0.6) is 5.75 Å². The summed E-state index contributed by atoms with van der Waals surface area (Å²) in [7, 11) is -0.341. The van der Waals surface area contributed by atoms with Gasteiger partial charge in [0.2, 0.25) is 10.0 Å². The molecule has 1 atom stereocenters. The predicted molar refractivity (Wildman–Crippen MR) is 96.1 cm³/mol. The van der Waals surface area contributed by atoms with E-state index in [2.05, 4.69) is 15.1 Å². The molecule has 7 nitrogen and oxygen atoms in total. The highest BCUT2D eigenvalue weighted by Gasteiger charge is 2.18. The lowest BCUT2D eigenvalue weighted by atomic mass is 10.3. The lowest BCUT2D eigenvalue weighted by Gasteiger charge is -2.11. The van der Waals surface area contributed by atoms with Gasteiger partial charge in [-0.2, -0.15) is 5.10 Å². The zero-order chi connectivity index (χ0) is 17.0. The van der Waals surface area contributed by atoms with Gasteiger partial charge in [-0.05, 0) is 32.2 Å². The summed E-state index contributed by atoms with van der Waals surface area (Å²) < 4.78 is 33.7. The fraction of sp³-hybridized carbons (Fsp3) is 0.357. The van der Waals surface area contributed by atoms with Crippen molar-refractivity contribution in [3.63, 3.8) is 0 Å². The van der Waals surface area contributed by atoms with Crippen LogP contribution in [0.2, 0.25) is 5.02 Å². The van der Waals surface area contributed by atoms with Crippen LogP contribution in [0, 0.1) is 0 Å². The molecule has 0 amide bonds. The molecule has 0 radical (unpaired) electrons. The molecule has 0 spiro atoms. The van der Waals surface area contributed by atoms with Crippen LogP contribution in [-0.2, 0) is 10.0 Å². The van der Waals surface area contributed by atoms with Crippen molar-refractivity contribution >= 4 is 34.0 Å². The number of hydrogen-bond acceptors (Lipinski definition) is 5. The Balaban J connectivity index is 0.00000288. The molecule has 0 aliphatic carbocycles. The number of benzene rings is 1. The second-order valence-electron chi connectivity index (χ2n) is 4.98. The minimum atomic E-state index is -3.63. The van der Waals surface area contributed by atoms with Gasteiger partial charge in [0.15, 0.2) is 0 Å². The molecule has 2 N–H and O–H groups in total. The molecule has 1 heterocycles. The molecular weight excluding hydrogens is 375 g/mol. The van der Waals surface area contributed by atoms with E-state index in [1.54, 1.807) is 25.2 Å². The Kier molecular flexibility index (Phi) is 7.50. The van der Waals surface area contributed by atoms with E-state index >= 15 is 0 Å². The van der Waals surface area contributed by atoms with Crippen molar-refractivity contribution in [2.24, 2.45) is 0 Å². The summed E-state index contributed by atoms with van der Waals surface area (Å²) in [5, 5.41) is 7.56. The first kappa shape index (κ1) is 20.7. The van der Waals surface area contributed by atoms with Crippen molar-refractivity contribution in [3.8, 4) is 11.4 Å². The van der Waals surface area contributed by atoms with E-state index in [1.807, 2.05) is 6.92 Å². The molecule has 0 saturated heterocycles. The molecule has 1 unspecified atom stereocenters. The van der Waals surface area contributed by atoms with Gasteiger partial charge in [-0.3, -0.25) is 0 Å². The molecule has 10 heteroatoms. The van der Waals surface area contributed by atoms with Gasteiger partial charge in [0, 0.05) is 17.6 Å². The van der Waals surface area contributed by atoms with E-state index in [0.717, 1.165) is 0 Å². The minimum absolute atomic E-state index is 0. The quantitative estimate of drug-likeness (QED) is 0.748. The van der Waals surface area contributed by atoms with E-state index in [9.17, 15) is 8.42 Å². The first-order chi connectivity index (χ1) is 10.9. The second-order valence-corrected chi connectivity index (χ2v) is 7.18. The number of methoxy groups -OCH3 is 1.